The molecule has 3 aliphatic rings. The summed E-state index contributed by atoms with van der Waals surface area (Å²) in [6, 6.07) is 1.90. The molecule has 1 saturated heterocycles. The van der Waals surface area contributed by atoms with Gasteiger partial charge in [0.1, 0.15) is 5.82 Å². The maximum Gasteiger partial charge on any atom is 0.391 e. The van der Waals surface area contributed by atoms with Crippen LogP contribution in [0.15, 0.2) is 6.07 Å². The fraction of sp³-hybridized carbons (Fsp3) is 0.696. The number of carbonyl (C=O) groups is 1. The molecule has 0 amide bonds. The first-order chi connectivity index (χ1) is 15.7. The van der Waals surface area contributed by atoms with E-state index in [2.05, 4.69) is 4.90 Å². The number of ether oxygens (including phenoxy) is 1. The van der Waals surface area contributed by atoms with E-state index < -0.39 is 23.5 Å². The summed E-state index contributed by atoms with van der Waals surface area (Å²) in [5.74, 6) is -1.26. The number of fused-ring (bicyclic) bond motifs is 2. The van der Waals surface area contributed by atoms with Gasteiger partial charge in [0.05, 0.1) is 35.9 Å². The minimum absolute atomic E-state index is 0.0305. The third kappa shape index (κ3) is 4.06. The van der Waals surface area contributed by atoms with Crippen molar-refractivity contribution in [3.05, 3.63) is 23.0 Å². The van der Waals surface area contributed by atoms with Gasteiger partial charge >= 0.3 is 12.1 Å². The van der Waals surface area contributed by atoms with E-state index in [1.807, 2.05) is 6.07 Å². The molecule has 7 nitrogen and oxygen atoms in total. The fourth-order valence-corrected chi connectivity index (χ4v) is 5.62. The van der Waals surface area contributed by atoms with Crippen LogP contribution in [-0.2, 0) is 22.6 Å². The smallest absolute Gasteiger partial charge is 0.391 e. The zero-order chi connectivity index (χ0) is 23.4. The standard InChI is InChI=1S/C23H29F3N4O3/c1-22(21(31)32)8-2-9-29(13-22)20-16-12-33-10-7-17(16)27-19-11-18(28-30(19)20)14-3-5-15(6-4-14)23(24,25)26/h11,14-15H,2-10,12-13H2,1H3,(H,31,32)/t14-,15-,22-/m0/s1. The highest BCUT2D eigenvalue weighted by Crippen LogP contribution is 2.43. The van der Waals surface area contributed by atoms with Crippen molar-refractivity contribution >= 4 is 17.4 Å². The Kier molecular flexibility index (Phi) is 5.54. The second kappa shape index (κ2) is 8.14. The second-order valence-electron chi connectivity index (χ2n) is 9.98. The summed E-state index contributed by atoms with van der Waals surface area (Å²) < 4.78 is 46.8. The Morgan fingerprint density at radius 3 is 2.73 bits per heavy atom. The quantitative estimate of drug-likeness (QED) is 0.726. The van der Waals surface area contributed by atoms with Crippen LogP contribution in [0.1, 0.15) is 68.3 Å². The molecule has 2 aliphatic heterocycles. The molecule has 180 valence electrons. The van der Waals surface area contributed by atoms with Crippen molar-refractivity contribution in [3.63, 3.8) is 0 Å². The molecule has 4 heterocycles. The molecule has 0 spiro atoms. The van der Waals surface area contributed by atoms with Crippen molar-refractivity contribution in [3.8, 4) is 0 Å². The third-order valence-electron chi connectivity index (χ3n) is 7.63. The van der Waals surface area contributed by atoms with Crippen LogP contribution in [0.4, 0.5) is 19.0 Å². The van der Waals surface area contributed by atoms with E-state index in [0.717, 1.165) is 29.2 Å². The van der Waals surface area contributed by atoms with Gasteiger partial charge in [-0.25, -0.2) is 4.98 Å². The van der Waals surface area contributed by atoms with Crippen molar-refractivity contribution in [2.45, 2.75) is 70.6 Å². The highest BCUT2D eigenvalue weighted by molar-refractivity contribution is 5.75. The first kappa shape index (κ1) is 22.4. The zero-order valence-corrected chi connectivity index (χ0v) is 18.7. The van der Waals surface area contributed by atoms with Crippen molar-refractivity contribution in [2.24, 2.45) is 11.3 Å². The molecule has 1 saturated carbocycles. The van der Waals surface area contributed by atoms with E-state index in [1.165, 1.54) is 0 Å². The third-order valence-corrected chi connectivity index (χ3v) is 7.63. The Labute approximate surface area is 189 Å². The lowest BCUT2D eigenvalue weighted by Gasteiger charge is -2.40. The lowest BCUT2D eigenvalue weighted by molar-refractivity contribution is -0.182. The normalized spacial score (nSPS) is 28.7. The van der Waals surface area contributed by atoms with E-state index in [1.54, 1.807) is 11.4 Å². The molecule has 33 heavy (non-hydrogen) atoms. The number of alkyl halides is 3. The SMILES string of the molecule is C[C@]1(C(=O)O)CCCN(c2c3c(nc4cc([C@H]5CC[C@H](C(F)(F)F)CC5)nn24)CCOC3)C1. The molecule has 2 aromatic heterocycles. The monoisotopic (exact) mass is 466 g/mol. The molecule has 0 bridgehead atoms. The minimum atomic E-state index is -4.14. The Balaban J connectivity index is 1.52. The number of anilines is 1. The number of aromatic nitrogens is 3. The molecule has 2 fully saturated rings. The Hall–Kier alpha value is -2.36. The lowest BCUT2D eigenvalue weighted by Crippen LogP contribution is -2.47. The second-order valence-corrected chi connectivity index (χ2v) is 9.98. The number of rotatable bonds is 3. The number of nitrogens with zero attached hydrogens (tertiary/aromatic N) is 4. The molecule has 0 radical (unpaired) electrons. The van der Waals surface area contributed by atoms with E-state index in [4.69, 9.17) is 14.8 Å². The van der Waals surface area contributed by atoms with Gasteiger partial charge in [-0.2, -0.15) is 22.8 Å². The first-order valence-electron chi connectivity index (χ1n) is 11.7. The van der Waals surface area contributed by atoms with Gasteiger partial charge in [0.15, 0.2) is 5.65 Å². The van der Waals surface area contributed by atoms with Crippen molar-refractivity contribution < 1.29 is 27.8 Å². The van der Waals surface area contributed by atoms with Crippen LogP contribution in [0, 0.1) is 11.3 Å². The van der Waals surface area contributed by atoms with Gasteiger partial charge in [0.25, 0.3) is 0 Å². The van der Waals surface area contributed by atoms with Gasteiger partial charge in [0.2, 0.25) is 0 Å². The number of carboxylic acids is 1. The molecule has 1 N–H and O–H groups in total. The summed E-state index contributed by atoms with van der Waals surface area (Å²) >= 11 is 0. The lowest BCUT2D eigenvalue weighted by atomic mass is 9.80. The van der Waals surface area contributed by atoms with Crippen molar-refractivity contribution in [1.82, 2.24) is 14.6 Å². The predicted molar refractivity (Wildman–Crippen MR) is 114 cm³/mol. The summed E-state index contributed by atoms with van der Waals surface area (Å²) in [6.45, 7) is 3.81. The maximum atomic E-state index is 13.1. The predicted octanol–water partition coefficient (Wildman–Crippen LogP) is 4.33. The average Bonchev–Trinajstić information content (AvgIpc) is 3.20. The van der Waals surface area contributed by atoms with Crippen LogP contribution in [0.2, 0.25) is 0 Å². The molecule has 1 atom stereocenters. The summed E-state index contributed by atoms with van der Waals surface area (Å²) in [7, 11) is 0. The topological polar surface area (TPSA) is 80.0 Å². The molecule has 1 aliphatic carbocycles. The molecular weight excluding hydrogens is 437 g/mol. The Morgan fingerprint density at radius 1 is 1.27 bits per heavy atom. The van der Waals surface area contributed by atoms with Crippen LogP contribution < -0.4 is 4.90 Å². The van der Waals surface area contributed by atoms with Crippen LogP contribution >= 0.6 is 0 Å². The number of piperidine rings is 1. The number of halogens is 3. The van der Waals surface area contributed by atoms with E-state index in [-0.39, 0.29) is 18.8 Å². The molecule has 2 aromatic rings. The number of carboxylic acid groups (broad SMARTS) is 1. The highest BCUT2D eigenvalue weighted by atomic mass is 19.4. The minimum Gasteiger partial charge on any atom is -0.481 e. The molecule has 0 aromatic carbocycles. The van der Waals surface area contributed by atoms with Crippen LogP contribution in [-0.4, -0.2) is 51.5 Å². The number of hydrogen-bond acceptors (Lipinski definition) is 5. The average molecular weight is 467 g/mol. The number of aliphatic carboxylic acids is 1. The van der Waals surface area contributed by atoms with E-state index in [9.17, 15) is 23.1 Å². The fourth-order valence-electron chi connectivity index (χ4n) is 5.62. The number of hydrogen-bond donors (Lipinski definition) is 1. The summed E-state index contributed by atoms with van der Waals surface area (Å²) in [5, 5.41) is 14.6. The van der Waals surface area contributed by atoms with E-state index in [0.29, 0.717) is 57.6 Å². The molecule has 0 unspecified atom stereocenters. The van der Waals surface area contributed by atoms with Crippen molar-refractivity contribution in [2.75, 3.05) is 24.6 Å². The largest absolute Gasteiger partial charge is 0.481 e. The van der Waals surface area contributed by atoms with E-state index >= 15 is 0 Å². The highest BCUT2D eigenvalue weighted by Gasteiger charge is 2.42. The Morgan fingerprint density at radius 2 is 2.03 bits per heavy atom. The van der Waals surface area contributed by atoms with Crippen LogP contribution in [0.25, 0.3) is 5.65 Å². The maximum absolute atomic E-state index is 13.1. The summed E-state index contributed by atoms with van der Waals surface area (Å²) in [6.07, 6.45) is -0.968. The van der Waals surface area contributed by atoms with Gasteiger partial charge < -0.3 is 14.7 Å². The molecular formula is C23H29F3N4O3. The summed E-state index contributed by atoms with van der Waals surface area (Å²) in [4.78, 5) is 18.8. The molecule has 10 heteroatoms. The van der Waals surface area contributed by atoms with Gasteiger partial charge in [-0.1, -0.05) is 0 Å². The van der Waals surface area contributed by atoms with Gasteiger partial charge in [-0.05, 0) is 45.4 Å². The van der Waals surface area contributed by atoms with Crippen molar-refractivity contribution in [1.29, 1.82) is 0 Å². The Bertz CT molecular complexity index is 1060. The van der Waals surface area contributed by atoms with Crippen LogP contribution in [0.5, 0.6) is 0 Å². The summed E-state index contributed by atoms with van der Waals surface area (Å²) in [5.41, 5.74) is 2.44. The van der Waals surface area contributed by atoms with Gasteiger partial charge in [-0.15, -0.1) is 0 Å². The zero-order valence-electron chi connectivity index (χ0n) is 18.7. The van der Waals surface area contributed by atoms with Gasteiger partial charge in [-0.3, -0.25) is 4.79 Å². The van der Waals surface area contributed by atoms with Crippen LogP contribution in [0.3, 0.4) is 0 Å². The first-order valence-corrected chi connectivity index (χ1v) is 11.7. The van der Waals surface area contributed by atoms with Gasteiger partial charge in [0, 0.05) is 37.1 Å². The molecule has 5 rings (SSSR count).